The van der Waals surface area contributed by atoms with Crippen molar-refractivity contribution in [1.29, 1.82) is 0 Å². The third kappa shape index (κ3) is 10.3. The number of carboxylic acids is 1. The van der Waals surface area contributed by atoms with Gasteiger partial charge in [-0.2, -0.15) is 13.2 Å². The van der Waals surface area contributed by atoms with Crippen LogP contribution in [0.25, 0.3) is 11.3 Å². The van der Waals surface area contributed by atoms with Crippen LogP contribution >= 0.6 is 11.6 Å². The fourth-order valence-electron chi connectivity index (χ4n) is 3.30. The quantitative estimate of drug-likeness (QED) is 0.244. The van der Waals surface area contributed by atoms with Crippen molar-refractivity contribution < 1.29 is 36.3 Å². The maximum atomic E-state index is 12.9. The largest absolute Gasteiger partial charge is 0.490 e. The molecule has 3 N–H and O–H groups in total. The first-order valence-corrected chi connectivity index (χ1v) is 13.3. The zero-order valence-electron chi connectivity index (χ0n) is 20.3. The summed E-state index contributed by atoms with van der Waals surface area (Å²) in [7, 11) is -3.76. The molecule has 13 heteroatoms. The first-order chi connectivity index (χ1) is 17.8. The average molecular weight is 574 g/mol. The van der Waals surface area contributed by atoms with Crippen molar-refractivity contribution in [3.05, 3.63) is 71.6 Å². The minimum Gasteiger partial charge on any atom is -0.475 e. The number of carbonyl (C=O) groups is 2. The average Bonchev–Trinajstić information content (AvgIpc) is 3.34. The second-order valence-corrected chi connectivity index (χ2v) is 10.4. The number of nitrogens with zero attached hydrogens (tertiary/aromatic N) is 1. The molecule has 1 atom stereocenters. The van der Waals surface area contributed by atoms with Gasteiger partial charge >= 0.3 is 12.1 Å². The molecule has 0 aliphatic rings. The van der Waals surface area contributed by atoms with Crippen LogP contribution in [-0.2, 0) is 19.6 Å². The van der Waals surface area contributed by atoms with Crippen LogP contribution in [0.15, 0.2) is 65.7 Å². The Hall–Kier alpha value is -3.22. The number of aromatic nitrogens is 2. The van der Waals surface area contributed by atoms with Gasteiger partial charge in [0.25, 0.3) is 0 Å². The van der Waals surface area contributed by atoms with E-state index < -0.39 is 28.2 Å². The number of benzene rings is 2. The number of H-pyrrole nitrogens is 1. The van der Waals surface area contributed by atoms with Crippen LogP contribution in [0.2, 0.25) is 5.02 Å². The van der Waals surface area contributed by atoms with E-state index in [1.54, 1.807) is 25.3 Å². The molecule has 206 valence electrons. The summed E-state index contributed by atoms with van der Waals surface area (Å²) in [4.78, 5) is 27.9. The Morgan fingerprint density at radius 2 is 1.66 bits per heavy atom. The number of carboxylic acid groups (broad SMARTS) is 1. The number of halogens is 4. The van der Waals surface area contributed by atoms with E-state index in [9.17, 15) is 26.4 Å². The molecule has 0 spiro atoms. The highest BCUT2D eigenvalue weighted by Gasteiger charge is 2.38. The maximum absolute atomic E-state index is 12.9. The lowest BCUT2D eigenvalue weighted by Gasteiger charge is -2.17. The number of ketones is 1. The molecule has 0 saturated carbocycles. The Morgan fingerprint density at radius 1 is 1.05 bits per heavy atom. The van der Waals surface area contributed by atoms with Crippen molar-refractivity contribution in [3.8, 4) is 11.3 Å². The topological polar surface area (TPSA) is 129 Å². The van der Waals surface area contributed by atoms with Crippen molar-refractivity contribution in [2.24, 2.45) is 0 Å². The molecular formula is C25H27ClF3N3O5S. The minimum absolute atomic E-state index is 0.147. The molecule has 0 saturated heterocycles. The number of carbonyl (C=O) groups excluding carboxylic acids is 1. The number of Topliss-reactive ketones (excluding diaryl/α,β-unsaturated/α-hetero) is 1. The number of alkyl halides is 3. The summed E-state index contributed by atoms with van der Waals surface area (Å²) in [5.41, 5.74) is 1.80. The smallest absolute Gasteiger partial charge is 0.475 e. The fraction of sp³-hybridized carbons (Fsp3) is 0.320. The van der Waals surface area contributed by atoms with Gasteiger partial charge in [-0.05, 0) is 49.6 Å². The van der Waals surface area contributed by atoms with E-state index in [1.807, 2.05) is 30.3 Å². The van der Waals surface area contributed by atoms with E-state index in [-0.39, 0.29) is 10.7 Å². The fourth-order valence-corrected chi connectivity index (χ4v) is 4.66. The number of hydrogen-bond acceptors (Lipinski definition) is 5. The normalized spacial score (nSPS) is 12.3. The standard InChI is InChI=1S/C23H26ClN3O3S.C2HF3O2/c1-17(28)8-4-2-7-11-21(27-31(29,30)20-14-12-19(24)13-15-20)23-25-16-22(26-23)18-9-5-3-6-10-18;3-2(4,5)1(6)7/h3,5-6,9-10,12-16,21,27H,2,4,7-8,11H2,1H3,(H,25,26);(H,6,7)/t21-;/m0./s1. The Morgan fingerprint density at radius 3 is 2.21 bits per heavy atom. The molecule has 0 fully saturated rings. The molecule has 3 rings (SSSR count). The predicted molar refractivity (Wildman–Crippen MR) is 136 cm³/mol. The second-order valence-electron chi connectivity index (χ2n) is 8.28. The molecule has 3 aromatic rings. The summed E-state index contributed by atoms with van der Waals surface area (Å²) in [6, 6.07) is 15.3. The molecule has 0 aliphatic carbocycles. The molecule has 0 aliphatic heterocycles. The molecule has 38 heavy (non-hydrogen) atoms. The first-order valence-electron chi connectivity index (χ1n) is 11.5. The molecule has 8 nitrogen and oxygen atoms in total. The molecular weight excluding hydrogens is 547 g/mol. The van der Waals surface area contributed by atoms with Crippen LogP contribution in [0.4, 0.5) is 13.2 Å². The number of imidazole rings is 1. The highest BCUT2D eigenvalue weighted by molar-refractivity contribution is 7.89. The van der Waals surface area contributed by atoms with E-state index in [2.05, 4.69) is 14.7 Å². The van der Waals surface area contributed by atoms with Crippen molar-refractivity contribution >= 4 is 33.4 Å². The lowest BCUT2D eigenvalue weighted by molar-refractivity contribution is -0.192. The first kappa shape index (κ1) is 31.0. The van der Waals surface area contributed by atoms with E-state index in [0.717, 1.165) is 30.5 Å². The Kier molecular flexibility index (Phi) is 11.5. The van der Waals surface area contributed by atoms with E-state index in [0.29, 0.717) is 23.7 Å². The van der Waals surface area contributed by atoms with Crippen molar-refractivity contribution in [2.75, 3.05) is 0 Å². The molecule has 0 amide bonds. The highest BCUT2D eigenvalue weighted by atomic mass is 35.5. The maximum Gasteiger partial charge on any atom is 0.490 e. The highest BCUT2D eigenvalue weighted by Crippen LogP contribution is 2.25. The molecule has 0 bridgehead atoms. The summed E-state index contributed by atoms with van der Waals surface area (Å²) in [6.45, 7) is 1.58. The van der Waals surface area contributed by atoms with Crippen LogP contribution in [0.3, 0.4) is 0 Å². The summed E-state index contributed by atoms with van der Waals surface area (Å²) in [5, 5.41) is 7.60. The second kappa shape index (κ2) is 14.1. The minimum atomic E-state index is -5.08. The third-order valence-corrected chi connectivity index (χ3v) is 6.94. The van der Waals surface area contributed by atoms with Crippen LogP contribution in [-0.4, -0.2) is 41.4 Å². The van der Waals surface area contributed by atoms with Crippen molar-refractivity contribution in [1.82, 2.24) is 14.7 Å². The Labute approximate surface area is 223 Å². The number of sulfonamides is 1. The van der Waals surface area contributed by atoms with Gasteiger partial charge in [-0.3, -0.25) is 0 Å². The van der Waals surface area contributed by atoms with Gasteiger partial charge in [-0.15, -0.1) is 0 Å². The summed E-state index contributed by atoms with van der Waals surface area (Å²) in [6.07, 6.45) is 0.128. The number of aliphatic carboxylic acids is 1. The van der Waals surface area contributed by atoms with Gasteiger partial charge in [0.05, 0.1) is 22.8 Å². The number of rotatable bonds is 11. The molecule has 1 heterocycles. The van der Waals surface area contributed by atoms with E-state index in [4.69, 9.17) is 21.5 Å². The van der Waals surface area contributed by atoms with Gasteiger partial charge in [0.1, 0.15) is 11.6 Å². The molecule has 0 unspecified atom stereocenters. The van der Waals surface area contributed by atoms with E-state index in [1.165, 1.54) is 12.1 Å². The number of aromatic amines is 1. The zero-order valence-corrected chi connectivity index (χ0v) is 21.9. The van der Waals surface area contributed by atoms with Gasteiger partial charge in [-0.1, -0.05) is 54.8 Å². The predicted octanol–water partition coefficient (Wildman–Crippen LogP) is 5.92. The van der Waals surface area contributed by atoms with Crippen molar-refractivity contribution in [2.45, 2.75) is 56.1 Å². The number of nitrogens with one attached hydrogen (secondary N) is 2. The monoisotopic (exact) mass is 573 g/mol. The molecule has 0 radical (unpaired) electrons. The number of unbranched alkanes of at least 4 members (excludes halogenated alkanes) is 2. The van der Waals surface area contributed by atoms with Gasteiger partial charge in [-0.25, -0.2) is 22.9 Å². The van der Waals surface area contributed by atoms with Crippen LogP contribution in [0, 0.1) is 0 Å². The Balaban J connectivity index is 0.000000638. The molecule has 1 aromatic heterocycles. The van der Waals surface area contributed by atoms with Crippen LogP contribution < -0.4 is 4.72 Å². The van der Waals surface area contributed by atoms with Gasteiger partial charge < -0.3 is 14.9 Å². The number of hydrogen-bond donors (Lipinski definition) is 3. The van der Waals surface area contributed by atoms with E-state index >= 15 is 0 Å². The third-order valence-electron chi connectivity index (χ3n) is 5.20. The lowest BCUT2D eigenvalue weighted by atomic mass is 10.1. The zero-order chi connectivity index (χ0) is 28.3. The van der Waals surface area contributed by atoms with Crippen molar-refractivity contribution in [3.63, 3.8) is 0 Å². The summed E-state index contributed by atoms with van der Waals surface area (Å²) < 4.78 is 60.4. The lowest BCUT2D eigenvalue weighted by Crippen LogP contribution is -2.29. The van der Waals surface area contributed by atoms with Crippen LogP contribution in [0.5, 0.6) is 0 Å². The van der Waals surface area contributed by atoms with Crippen LogP contribution in [0.1, 0.15) is 50.9 Å². The van der Waals surface area contributed by atoms with Gasteiger partial charge in [0, 0.05) is 11.4 Å². The molecule has 2 aromatic carbocycles. The Bertz CT molecular complexity index is 1300. The van der Waals surface area contributed by atoms with Gasteiger partial charge in [0.15, 0.2) is 0 Å². The summed E-state index contributed by atoms with van der Waals surface area (Å²) >= 11 is 5.89. The van der Waals surface area contributed by atoms with Gasteiger partial charge in [0.2, 0.25) is 10.0 Å². The SMILES string of the molecule is CC(=O)CCCCC[C@H](NS(=O)(=O)c1ccc(Cl)cc1)c1ncc(-c2ccccc2)[nH]1.O=C(O)C(F)(F)F. The summed E-state index contributed by atoms with van der Waals surface area (Å²) in [5.74, 6) is -2.03.